The predicted octanol–water partition coefficient (Wildman–Crippen LogP) is 1.40. The first-order valence-electron chi connectivity index (χ1n) is 5.10. The fraction of sp³-hybridized carbons (Fsp3) is 0.400. The number of nitrogen functional groups attached to an aromatic ring is 2. The average Bonchev–Trinajstić information content (AvgIpc) is 2.58. The number of anilines is 2. The Bertz CT molecular complexity index is 435. The molecule has 1 heterocycles. The molecule has 0 amide bonds. The second-order valence-corrected chi connectivity index (χ2v) is 3.62. The van der Waals surface area contributed by atoms with Crippen LogP contribution in [0.3, 0.4) is 0 Å². The van der Waals surface area contributed by atoms with Crippen LogP contribution in [0.25, 0.3) is 11.0 Å². The summed E-state index contributed by atoms with van der Waals surface area (Å²) in [6.45, 7) is 2.98. The normalized spacial score (nSPS) is 11.0. The SMILES string of the molecule is CCCCn1nc2cc(N)c(N)cc2n1. The van der Waals surface area contributed by atoms with E-state index in [1.807, 2.05) is 0 Å². The molecule has 5 nitrogen and oxygen atoms in total. The highest BCUT2D eigenvalue weighted by molar-refractivity contribution is 5.84. The van der Waals surface area contributed by atoms with Gasteiger partial charge < -0.3 is 11.5 Å². The molecule has 2 aromatic rings. The Morgan fingerprint density at radius 3 is 2.13 bits per heavy atom. The van der Waals surface area contributed by atoms with E-state index in [4.69, 9.17) is 11.5 Å². The lowest BCUT2D eigenvalue weighted by Gasteiger charge is -1.96. The summed E-state index contributed by atoms with van der Waals surface area (Å²) >= 11 is 0. The Kier molecular flexibility index (Phi) is 2.45. The quantitative estimate of drug-likeness (QED) is 0.742. The third-order valence-corrected chi connectivity index (χ3v) is 2.34. The third kappa shape index (κ3) is 1.86. The molecule has 2 rings (SSSR count). The molecule has 1 aromatic carbocycles. The third-order valence-electron chi connectivity index (χ3n) is 2.34. The summed E-state index contributed by atoms with van der Waals surface area (Å²) in [6.07, 6.45) is 2.20. The maximum atomic E-state index is 5.69. The van der Waals surface area contributed by atoms with Crippen LogP contribution in [0, 0.1) is 0 Å². The van der Waals surface area contributed by atoms with Gasteiger partial charge in [0.05, 0.1) is 17.9 Å². The zero-order chi connectivity index (χ0) is 10.8. The van der Waals surface area contributed by atoms with Gasteiger partial charge in [0, 0.05) is 0 Å². The number of nitrogens with two attached hydrogens (primary N) is 2. The van der Waals surface area contributed by atoms with Gasteiger partial charge in [0.25, 0.3) is 0 Å². The first-order valence-corrected chi connectivity index (χ1v) is 5.10. The van der Waals surface area contributed by atoms with Crippen molar-refractivity contribution in [3.63, 3.8) is 0 Å². The standard InChI is InChI=1S/C10H15N5/c1-2-3-4-15-13-9-5-7(11)8(12)6-10(9)14-15/h5-6H,2-4,11-12H2,1H3. The summed E-state index contributed by atoms with van der Waals surface area (Å²) in [7, 11) is 0. The molecule has 80 valence electrons. The minimum absolute atomic E-state index is 0.560. The molecule has 0 fully saturated rings. The van der Waals surface area contributed by atoms with Gasteiger partial charge in [-0.1, -0.05) is 13.3 Å². The van der Waals surface area contributed by atoms with Crippen molar-refractivity contribution in [3.05, 3.63) is 12.1 Å². The van der Waals surface area contributed by atoms with Crippen LogP contribution in [0.4, 0.5) is 11.4 Å². The summed E-state index contributed by atoms with van der Waals surface area (Å²) in [6, 6.07) is 3.53. The van der Waals surface area contributed by atoms with Gasteiger partial charge in [-0.05, 0) is 18.6 Å². The van der Waals surface area contributed by atoms with E-state index in [2.05, 4.69) is 17.1 Å². The molecule has 15 heavy (non-hydrogen) atoms. The fourth-order valence-corrected chi connectivity index (χ4v) is 1.44. The molecule has 4 N–H and O–H groups in total. The Labute approximate surface area is 88.0 Å². The Hall–Kier alpha value is -1.78. The molecule has 0 aliphatic heterocycles. The number of aromatic nitrogens is 3. The Morgan fingerprint density at radius 1 is 1.13 bits per heavy atom. The van der Waals surface area contributed by atoms with Crippen LogP contribution in [0.2, 0.25) is 0 Å². The molecular weight excluding hydrogens is 190 g/mol. The van der Waals surface area contributed by atoms with E-state index in [-0.39, 0.29) is 0 Å². The fourth-order valence-electron chi connectivity index (χ4n) is 1.44. The van der Waals surface area contributed by atoms with Gasteiger partial charge in [-0.3, -0.25) is 0 Å². The predicted molar refractivity (Wildman–Crippen MR) is 61.3 cm³/mol. The van der Waals surface area contributed by atoms with Gasteiger partial charge in [0.1, 0.15) is 11.0 Å². The molecule has 0 spiro atoms. The van der Waals surface area contributed by atoms with Gasteiger partial charge in [-0.2, -0.15) is 15.0 Å². The van der Waals surface area contributed by atoms with Crippen LogP contribution >= 0.6 is 0 Å². The van der Waals surface area contributed by atoms with Crippen molar-refractivity contribution in [2.75, 3.05) is 11.5 Å². The monoisotopic (exact) mass is 205 g/mol. The van der Waals surface area contributed by atoms with Gasteiger partial charge in [-0.25, -0.2) is 0 Å². The molecule has 0 atom stereocenters. The van der Waals surface area contributed by atoms with Gasteiger partial charge in [0.2, 0.25) is 0 Å². The minimum atomic E-state index is 0.560. The van der Waals surface area contributed by atoms with Crippen LogP contribution < -0.4 is 11.5 Å². The lowest BCUT2D eigenvalue weighted by Crippen LogP contribution is -2.01. The summed E-state index contributed by atoms with van der Waals surface area (Å²) in [5.41, 5.74) is 14.1. The number of hydrogen-bond acceptors (Lipinski definition) is 4. The van der Waals surface area contributed by atoms with Gasteiger partial charge in [-0.15, -0.1) is 0 Å². The highest BCUT2D eigenvalue weighted by Gasteiger charge is 2.05. The zero-order valence-corrected chi connectivity index (χ0v) is 8.77. The number of aryl methyl sites for hydroxylation is 1. The van der Waals surface area contributed by atoms with Gasteiger partial charge >= 0.3 is 0 Å². The van der Waals surface area contributed by atoms with Crippen LogP contribution in [0.5, 0.6) is 0 Å². The van der Waals surface area contributed by atoms with Crippen LogP contribution in [0.1, 0.15) is 19.8 Å². The minimum Gasteiger partial charge on any atom is -0.397 e. The van der Waals surface area contributed by atoms with Crippen molar-refractivity contribution in [3.8, 4) is 0 Å². The van der Waals surface area contributed by atoms with Crippen molar-refractivity contribution >= 4 is 22.4 Å². The summed E-state index contributed by atoms with van der Waals surface area (Å²) in [5, 5.41) is 8.64. The van der Waals surface area contributed by atoms with E-state index >= 15 is 0 Å². The van der Waals surface area contributed by atoms with E-state index in [0.29, 0.717) is 11.4 Å². The molecule has 0 aliphatic rings. The van der Waals surface area contributed by atoms with E-state index in [1.54, 1.807) is 16.9 Å². The number of benzene rings is 1. The van der Waals surface area contributed by atoms with E-state index in [9.17, 15) is 0 Å². The molecular formula is C10H15N5. The number of rotatable bonds is 3. The van der Waals surface area contributed by atoms with Crippen LogP contribution in [0.15, 0.2) is 12.1 Å². The van der Waals surface area contributed by atoms with Crippen molar-refractivity contribution in [1.29, 1.82) is 0 Å². The lowest BCUT2D eigenvalue weighted by atomic mass is 10.2. The number of unbranched alkanes of at least 4 members (excludes halogenated alkanes) is 1. The van der Waals surface area contributed by atoms with Crippen LogP contribution in [-0.4, -0.2) is 15.0 Å². The lowest BCUT2D eigenvalue weighted by molar-refractivity contribution is 0.514. The topological polar surface area (TPSA) is 82.8 Å². The highest BCUT2D eigenvalue weighted by atomic mass is 15.5. The van der Waals surface area contributed by atoms with E-state index in [1.165, 1.54) is 0 Å². The number of hydrogen-bond donors (Lipinski definition) is 2. The molecule has 0 radical (unpaired) electrons. The molecule has 0 saturated carbocycles. The van der Waals surface area contributed by atoms with Crippen LogP contribution in [-0.2, 0) is 6.54 Å². The zero-order valence-electron chi connectivity index (χ0n) is 8.77. The van der Waals surface area contributed by atoms with Crippen molar-refractivity contribution in [2.45, 2.75) is 26.3 Å². The first kappa shape index (κ1) is 9.76. The summed E-state index contributed by atoms with van der Waals surface area (Å²) in [4.78, 5) is 1.70. The van der Waals surface area contributed by atoms with E-state index in [0.717, 1.165) is 30.4 Å². The largest absolute Gasteiger partial charge is 0.397 e. The molecule has 0 aliphatic carbocycles. The molecule has 0 saturated heterocycles. The first-order chi connectivity index (χ1) is 7.20. The number of fused-ring (bicyclic) bond motifs is 1. The Balaban J connectivity index is 2.38. The number of nitrogens with zero attached hydrogens (tertiary/aromatic N) is 3. The maximum Gasteiger partial charge on any atom is 0.115 e. The van der Waals surface area contributed by atoms with E-state index < -0.39 is 0 Å². The van der Waals surface area contributed by atoms with Crippen molar-refractivity contribution in [1.82, 2.24) is 15.0 Å². The highest BCUT2D eigenvalue weighted by Crippen LogP contribution is 2.20. The molecule has 0 unspecified atom stereocenters. The van der Waals surface area contributed by atoms with Gasteiger partial charge in [0.15, 0.2) is 0 Å². The smallest absolute Gasteiger partial charge is 0.115 e. The molecule has 1 aromatic heterocycles. The second-order valence-electron chi connectivity index (χ2n) is 3.62. The average molecular weight is 205 g/mol. The molecule has 0 bridgehead atoms. The Morgan fingerprint density at radius 2 is 1.67 bits per heavy atom. The summed E-state index contributed by atoms with van der Waals surface area (Å²) in [5.74, 6) is 0. The van der Waals surface area contributed by atoms with Crippen molar-refractivity contribution < 1.29 is 0 Å². The maximum absolute atomic E-state index is 5.69. The second kappa shape index (κ2) is 3.76. The molecule has 5 heteroatoms. The van der Waals surface area contributed by atoms with Crippen molar-refractivity contribution in [2.24, 2.45) is 0 Å². The summed E-state index contributed by atoms with van der Waals surface area (Å²) < 4.78 is 0.